The summed E-state index contributed by atoms with van der Waals surface area (Å²) in [6.45, 7) is 3.22. The normalized spacial score (nSPS) is 13.0. The van der Waals surface area contributed by atoms with E-state index in [0.717, 1.165) is 23.5 Å². The van der Waals surface area contributed by atoms with Crippen LogP contribution in [0.25, 0.3) is 0 Å². The summed E-state index contributed by atoms with van der Waals surface area (Å²) in [5, 5.41) is 2.92. The molecule has 0 saturated heterocycles. The molecule has 1 amide bonds. The van der Waals surface area contributed by atoms with Crippen LogP contribution in [-0.4, -0.2) is 12.5 Å². The maximum atomic E-state index is 12.3. The van der Waals surface area contributed by atoms with E-state index in [2.05, 4.69) is 5.32 Å². The van der Waals surface area contributed by atoms with Crippen molar-refractivity contribution in [3.8, 4) is 5.75 Å². The number of aryl methyl sites for hydroxylation is 1. The van der Waals surface area contributed by atoms with Gasteiger partial charge in [-0.3, -0.25) is 4.79 Å². The molecule has 1 aliphatic rings. The first kappa shape index (κ1) is 18.1. The minimum atomic E-state index is -0.170. The monoisotopic (exact) mass is 346 g/mol. The summed E-state index contributed by atoms with van der Waals surface area (Å²) < 4.78 is 5.93. The zero-order valence-corrected chi connectivity index (χ0v) is 14.6. The molecule has 4 nitrogen and oxygen atoms in total. The van der Waals surface area contributed by atoms with Gasteiger partial charge in [0.05, 0.1) is 12.2 Å². The highest BCUT2D eigenvalue weighted by atomic mass is 35.5. The van der Waals surface area contributed by atoms with Gasteiger partial charge in [-0.2, -0.15) is 0 Å². The Hall–Kier alpha value is -2.20. The first-order chi connectivity index (χ1) is 11.1. The van der Waals surface area contributed by atoms with Crippen molar-refractivity contribution in [1.29, 1.82) is 0 Å². The molecule has 0 aliphatic heterocycles. The highest BCUT2D eigenvalue weighted by Gasteiger charge is 2.22. The molecule has 5 heteroatoms. The summed E-state index contributed by atoms with van der Waals surface area (Å²) in [6, 6.07) is 13.1. The highest BCUT2D eigenvalue weighted by molar-refractivity contribution is 5.99. The Kier molecular flexibility index (Phi) is 6.10. The van der Waals surface area contributed by atoms with Crippen LogP contribution in [0.4, 0.5) is 5.69 Å². The van der Waals surface area contributed by atoms with Crippen molar-refractivity contribution < 1.29 is 9.53 Å². The van der Waals surface area contributed by atoms with Crippen molar-refractivity contribution >= 4 is 24.0 Å². The second-order valence-corrected chi connectivity index (χ2v) is 6.14. The Bertz CT molecular complexity index is 714. The van der Waals surface area contributed by atoms with Gasteiger partial charge in [0, 0.05) is 17.8 Å². The quantitative estimate of drug-likeness (QED) is 0.783. The van der Waals surface area contributed by atoms with Gasteiger partial charge in [0.15, 0.2) is 0 Å². The van der Waals surface area contributed by atoms with Gasteiger partial charge in [0.25, 0.3) is 5.91 Å². The number of amides is 1. The van der Waals surface area contributed by atoms with E-state index in [0.29, 0.717) is 23.7 Å². The van der Waals surface area contributed by atoms with Crippen molar-refractivity contribution in [3.63, 3.8) is 0 Å². The summed E-state index contributed by atoms with van der Waals surface area (Å²) in [5.41, 5.74) is 8.96. The molecule has 3 N–H and O–H groups in total. The van der Waals surface area contributed by atoms with Gasteiger partial charge in [-0.25, -0.2) is 0 Å². The molecule has 0 spiro atoms. The number of anilines is 1. The Balaban J connectivity index is 0.00000208. The van der Waals surface area contributed by atoms with E-state index in [1.54, 1.807) is 18.2 Å². The summed E-state index contributed by atoms with van der Waals surface area (Å²) in [4.78, 5) is 12.3. The minimum absolute atomic E-state index is 0. The molecule has 2 aromatic rings. The first-order valence-electron chi connectivity index (χ1n) is 7.98. The third-order valence-electron chi connectivity index (χ3n) is 4.04. The van der Waals surface area contributed by atoms with Crippen LogP contribution in [0.5, 0.6) is 5.75 Å². The molecule has 0 bridgehead atoms. The van der Waals surface area contributed by atoms with Gasteiger partial charge in [-0.15, -0.1) is 12.4 Å². The van der Waals surface area contributed by atoms with Crippen LogP contribution in [0.15, 0.2) is 42.5 Å². The van der Waals surface area contributed by atoms with Crippen molar-refractivity contribution in [2.24, 2.45) is 5.92 Å². The summed E-state index contributed by atoms with van der Waals surface area (Å²) in [5.74, 6) is 1.39. The number of para-hydroxylation sites is 1. The molecule has 1 aliphatic carbocycles. The molecule has 0 unspecified atom stereocenters. The van der Waals surface area contributed by atoms with E-state index in [4.69, 9.17) is 10.5 Å². The number of halogens is 1. The first-order valence-corrected chi connectivity index (χ1v) is 7.98. The highest BCUT2D eigenvalue weighted by Crippen LogP contribution is 2.30. The maximum absolute atomic E-state index is 12.3. The predicted molar refractivity (Wildman–Crippen MR) is 98.7 cm³/mol. The number of nitrogens with one attached hydrogen (secondary N) is 1. The van der Waals surface area contributed by atoms with E-state index in [-0.39, 0.29) is 18.3 Å². The number of benzene rings is 2. The number of ether oxygens (including phenoxy) is 1. The third-order valence-corrected chi connectivity index (χ3v) is 4.04. The third kappa shape index (κ3) is 4.65. The lowest BCUT2D eigenvalue weighted by Gasteiger charge is -2.13. The van der Waals surface area contributed by atoms with E-state index in [9.17, 15) is 4.79 Å². The molecule has 24 heavy (non-hydrogen) atoms. The zero-order chi connectivity index (χ0) is 16.2. The summed E-state index contributed by atoms with van der Waals surface area (Å²) >= 11 is 0. The SMILES string of the molecule is Cc1ccc(CNC(=O)c2ccccc2N)c(OCC2CC2)c1.Cl. The fourth-order valence-corrected chi connectivity index (χ4v) is 2.41. The average Bonchev–Trinajstić information content (AvgIpc) is 3.36. The van der Waals surface area contributed by atoms with E-state index < -0.39 is 0 Å². The van der Waals surface area contributed by atoms with Gasteiger partial charge in [-0.1, -0.05) is 24.3 Å². The van der Waals surface area contributed by atoms with Crippen molar-refractivity contribution in [1.82, 2.24) is 5.32 Å². The van der Waals surface area contributed by atoms with Crippen molar-refractivity contribution in [2.75, 3.05) is 12.3 Å². The second kappa shape index (κ2) is 8.06. The molecule has 1 saturated carbocycles. The van der Waals surface area contributed by atoms with Gasteiger partial charge in [-0.05, 0) is 49.4 Å². The fraction of sp³-hybridized carbons (Fsp3) is 0.316. The second-order valence-electron chi connectivity index (χ2n) is 6.14. The van der Waals surface area contributed by atoms with Crippen LogP contribution >= 0.6 is 12.4 Å². The molecule has 0 radical (unpaired) electrons. The summed E-state index contributed by atoms with van der Waals surface area (Å²) in [7, 11) is 0. The van der Waals surface area contributed by atoms with E-state index >= 15 is 0 Å². The van der Waals surface area contributed by atoms with E-state index in [1.165, 1.54) is 12.8 Å². The van der Waals surface area contributed by atoms with Crippen LogP contribution < -0.4 is 15.8 Å². The summed E-state index contributed by atoms with van der Waals surface area (Å²) in [6.07, 6.45) is 2.51. The number of nitrogen functional groups attached to an aromatic ring is 1. The van der Waals surface area contributed by atoms with Gasteiger partial charge >= 0.3 is 0 Å². The average molecular weight is 347 g/mol. The van der Waals surface area contributed by atoms with Crippen LogP contribution in [0, 0.1) is 12.8 Å². The standard InChI is InChI=1S/C19H22N2O2.ClH/c1-13-6-9-15(18(10-13)23-12-14-7-8-14)11-21-19(22)16-4-2-3-5-17(16)20;/h2-6,9-10,14H,7-8,11-12,20H2,1H3,(H,21,22);1H. The Morgan fingerprint density at radius 3 is 2.71 bits per heavy atom. The molecule has 0 aromatic heterocycles. The minimum Gasteiger partial charge on any atom is -0.493 e. The lowest BCUT2D eigenvalue weighted by atomic mass is 10.1. The maximum Gasteiger partial charge on any atom is 0.253 e. The number of hydrogen-bond donors (Lipinski definition) is 2. The van der Waals surface area contributed by atoms with Crippen molar-refractivity contribution in [2.45, 2.75) is 26.3 Å². The lowest BCUT2D eigenvalue weighted by molar-refractivity contribution is 0.0951. The smallest absolute Gasteiger partial charge is 0.253 e. The fourth-order valence-electron chi connectivity index (χ4n) is 2.41. The number of hydrogen-bond acceptors (Lipinski definition) is 3. The number of rotatable bonds is 6. The number of carbonyl (C=O) groups excluding carboxylic acids is 1. The molecular formula is C19H23ClN2O2. The number of carbonyl (C=O) groups is 1. The topological polar surface area (TPSA) is 64.4 Å². The van der Waals surface area contributed by atoms with Gasteiger partial charge in [0.2, 0.25) is 0 Å². The Labute approximate surface area is 148 Å². The molecule has 0 heterocycles. The van der Waals surface area contributed by atoms with Crippen LogP contribution in [0.1, 0.15) is 34.3 Å². The molecule has 3 rings (SSSR count). The predicted octanol–water partition coefficient (Wildman–Crippen LogP) is 3.72. The Morgan fingerprint density at radius 2 is 2.00 bits per heavy atom. The van der Waals surface area contributed by atoms with Crippen LogP contribution in [0.2, 0.25) is 0 Å². The molecule has 128 valence electrons. The largest absolute Gasteiger partial charge is 0.493 e. The van der Waals surface area contributed by atoms with Crippen LogP contribution in [0.3, 0.4) is 0 Å². The molecular weight excluding hydrogens is 324 g/mol. The molecule has 2 aromatic carbocycles. The van der Waals surface area contributed by atoms with Crippen molar-refractivity contribution in [3.05, 3.63) is 59.2 Å². The van der Waals surface area contributed by atoms with E-state index in [1.807, 2.05) is 31.2 Å². The molecule has 1 fully saturated rings. The lowest BCUT2D eigenvalue weighted by Crippen LogP contribution is -2.24. The number of nitrogens with two attached hydrogens (primary N) is 1. The Morgan fingerprint density at radius 1 is 1.25 bits per heavy atom. The zero-order valence-electron chi connectivity index (χ0n) is 13.7. The van der Waals surface area contributed by atoms with Gasteiger partial charge in [0.1, 0.15) is 5.75 Å². The molecule has 0 atom stereocenters. The van der Waals surface area contributed by atoms with Gasteiger partial charge < -0.3 is 15.8 Å². The van der Waals surface area contributed by atoms with Crippen LogP contribution in [-0.2, 0) is 6.54 Å².